The number of oxazole rings is 1. The van der Waals surface area contributed by atoms with E-state index in [4.69, 9.17) is 4.42 Å². The topological polar surface area (TPSA) is 78.7 Å². The Hall–Kier alpha value is -2.32. The standard InChI is InChI=1S/C17H20N4O3S/c1-20(2)8-7-18-17(23)12-10-24-15(19-12)9-21-13-5-3-4-6-14(13)25-11-16(21)22/h3-6,10H,7-9,11H2,1-2H3,(H,18,23). The van der Waals surface area contributed by atoms with Gasteiger partial charge in [-0.1, -0.05) is 12.1 Å². The van der Waals surface area contributed by atoms with Crippen molar-refractivity contribution >= 4 is 29.3 Å². The van der Waals surface area contributed by atoms with E-state index in [2.05, 4.69) is 10.3 Å². The molecule has 0 atom stereocenters. The van der Waals surface area contributed by atoms with Gasteiger partial charge in [0.15, 0.2) is 5.69 Å². The number of thioether (sulfide) groups is 1. The highest BCUT2D eigenvalue weighted by atomic mass is 32.2. The van der Waals surface area contributed by atoms with Crippen LogP contribution in [0.25, 0.3) is 0 Å². The molecule has 0 saturated carbocycles. The maximum absolute atomic E-state index is 12.3. The van der Waals surface area contributed by atoms with Crippen molar-refractivity contribution in [2.75, 3.05) is 37.8 Å². The van der Waals surface area contributed by atoms with Gasteiger partial charge in [0.25, 0.3) is 5.91 Å². The van der Waals surface area contributed by atoms with E-state index >= 15 is 0 Å². The third kappa shape index (κ3) is 4.21. The predicted molar refractivity (Wildman–Crippen MR) is 95.7 cm³/mol. The summed E-state index contributed by atoms with van der Waals surface area (Å²) in [5, 5.41) is 2.78. The predicted octanol–water partition coefficient (Wildman–Crippen LogP) is 1.60. The van der Waals surface area contributed by atoms with E-state index in [9.17, 15) is 9.59 Å². The van der Waals surface area contributed by atoms with Crippen LogP contribution in [0.3, 0.4) is 0 Å². The van der Waals surface area contributed by atoms with Gasteiger partial charge in [-0.25, -0.2) is 4.98 Å². The molecule has 3 rings (SSSR count). The number of benzene rings is 1. The molecule has 1 N–H and O–H groups in total. The number of fused-ring (bicyclic) bond motifs is 1. The van der Waals surface area contributed by atoms with Crippen LogP contribution in [0.4, 0.5) is 5.69 Å². The van der Waals surface area contributed by atoms with Gasteiger partial charge in [-0.05, 0) is 26.2 Å². The van der Waals surface area contributed by atoms with E-state index in [0.717, 1.165) is 17.1 Å². The first-order valence-corrected chi connectivity index (χ1v) is 8.92. The minimum Gasteiger partial charge on any atom is -0.446 e. The number of amides is 2. The molecular weight excluding hydrogens is 340 g/mol. The summed E-state index contributed by atoms with van der Waals surface area (Å²) in [6, 6.07) is 7.72. The minimum atomic E-state index is -0.280. The first kappa shape index (κ1) is 17.5. The van der Waals surface area contributed by atoms with Gasteiger partial charge in [-0.2, -0.15) is 0 Å². The molecular formula is C17H20N4O3S. The molecule has 2 amide bonds. The number of para-hydroxylation sites is 1. The quantitative estimate of drug-likeness (QED) is 0.843. The smallest absolute Gasteiger partial charge is 0.273 e. The van der Waals surface area contributed by atoms with Crippen molar-refractivity contribution in [2.45, 2.75) is 11.4 Å². The molecule has 0 saturated heterocycles. The molecule has 0 unspecified atom stereocenters. The third-order valence-corrected chi connectivity index (χ3v) is 4.78. The van der Waals surface area contributed by atoms with Crippen molar-refractivity contribution in [1.82, 2.24) is 15.2 Å². The van der Waals surface area contributed by atoms with Crippen molar-refractivity contribution < 1.29 is 14.0 Å². The lowest BCUT2D eigenvalue weighted by atomic mass is 10.2. The van der Waals surface area contributed by atoms with Crippen molar-refractivity contribution in [3.8, 4) is 0 Å². The van der Waals surface area contributed by atoms with Crippen molar-refractivity contribution in [3.63, 3.8) is 0 Å². The number of hydrogen-bond acceptors (Lipinski definition) is 6. The number of likely N-dealkylation sites (N-methyl/N-ethyl adjacent to an activating group) is 1. The van der Waals surface area contributed by atoms with Crippen LogP contribution in [0.5, 0.6) is 0 Å². The molecule has 0 spiro atoms. The van der Waals surface area contributed by atoms with E-state index in [1.807, 2.05) is 43.3 Å². The van der Waals surface area contributed by atoms with E-state index in [1.165, 1.54) is 18.0 Å². The molecule has 2 heterocycles. The van der Waals surface area contributed by atoms with E-state index in [0.29, 0.717) is 18.2 Å². The summed E-state index contributed by atoms with van der Waals surface area (Å²) in [4.78, 5) is 33.2. The zero-order valence-electron chi connectivity index (χ0n) is 14.2. The summed E-state index contributed by atoms with van der Waals surface area (Å²) in [5.41, 5.74) is 1.07. The van der Waals surface area contributed by atoms with Crippen LogP contribution in [0.15, 0.2) is 39.8 Å². The second-order valence-corrected chi connectivity index (χ2v) is 6.94. The average molecular weight is 360 g/mol. The molecule has 0 fully saturated rings. The summed E-state index contributed by atoms with van der Waals surface area (Å²) >= 11 is 1.52. The summed E-state index contributed by atoms with van der Waals surface area (Å²) in [7, 11) is 3.87. The summed E-state index contributed by atoms with van der Waals surface area (Å²) in [6.07, 6.45) is 1.33. The van der Waals surface area contributed by atoms with Gasteiger partial charge in [-0.15, -0.1) is 11.8 Å². The molecule has 7 nitrogen and oxygen atoms in total. The summed E-state index contributed by atoms with van der Waals surface area (Å²) in [6.45, 7) is 1.48. The van der Waals surface area contributed by atoms with Gasteiger partial charge in [0.05, 0.1) is 11.4 Å². The fourth-order valence-electron chi connectivity index (χ4n) is 2.43. The molecule has 8 heteroatoms. The second kappa shape index (κ2) is 7.71. The molecule has 2 aromatic rings. The Morgan fingerprint density at radius 3 is 3.00 bits per heavy atom. The van der Waals surface area contributed by atoms with Crippen LogP contribution in [0.2, 0.25) is 0 Å². The number of rotatable bonds is 6. The molecule has 1 aromatic heterocycles. The Labute approximate surface area is 150 Å². The number of hydrogen-bond donors (Lipinski definition) is 1. The van der Waals surface area contributed by atoms with Crippen LogP contribution in [-0.2, 0) is 11.3 Å². The number of aromatic nitrogens is 1. The monoisotopic (exact) mass is 360 g/mol. The van der Waals surface area contributed by atoms with Crippen molar-refractivity contribution in [1.29, 1.82) is 0 Å². The number of carbonyl (C=O) groups excluding carboxylic acids is 2. The third-order valence-electron chi connectivity index (χ3n) is 3.73. The lowest BCUT2D eigenvalue weighted by molar-refractivity contribution is -0.116. The maximum atomic E-state index is 12.3. The van der Waals surface area contributed by atoms with Crippen LogP contribution < -0.4 is 10.2 Å². The molecule has 25 heavy (non-hydrogen) atoms. The highest BCUT2D eigenvalue weighted by Gasteiger charge is 2.26. The van der Waals surface area contributed by atoms with E-state index < -0.39 is 0 Å². The van der Waals surface area contributed by atoms with Crippen molar-refractivity contribution in [2.24, 2.45) is 0 Å². The Morgan fingerprint density at radius 2 is 2.20 bits per heavy atom. The van der Waals surface area contributed by atoms with Crippen LogP contribution >= 0.6 is 11.8 Å². The van der Waals surface area contributed by atoms with Crippen LogP contribution in [-0.4, -0.2) is 54.6 Å². The Kier molecular flexibility index (Phi) is 5.40. The zero-order chi connectivity index (χ0) is 17.8. The van der Waals surface area contributed by atoms with Gasteiger partial charge < -0.3 is 19.5 Å². The molecule has 0 aliphatic carbocycles. The second-order valence-electron chi connectivity index (χ2n) is 5.92. The first-order chi connectivity index (χ1) is 12.0. The fourth-order valence-corrected chi connectivity index (χ4v) is 3.37. The molecule has 1 aliphatic rings. The maximum Gasteiger partial charge on any atom is 0.273 e. The molecule has 1 aliphatic heterocycles. The largest absolute Gasteiger partial charge is 0.446 e. The average Bonchev–Trinajstić information content (AvgIpc) is 3.06. The number of nitrogens with one attached hydrogen (secondary N) is 1. The lowest BCUT2D eigenvalue weighted by Gasteiger charge is -2.27. The van der Waals surface area contributed by atoms with Crippen LogP contribution in [0.1, 0.15) is 16.4 Å². The van der Waals surface area contributed by atoms with Gasteiger partial charge >= 0.3 is 0 Å². The molecule has 1 aromatic carbocycles. The van der Waals surface area contributed by atoms with E-state index in [1.54, 1.807) is 4.90 Å². The summed E-state index contributed by atoms with van der Waals surface area (Å²) < 4.78 is 5.40. The molecule has 132 valence electrons. The highest BCUT2D eigenvalue weighted by molar-refractivity contribution is 8.00. The first-order valence-electron chi connectivity index (χ1n) is 7.94. The number of carbonyl (C=O) groups is 2. The SMILES string of the molecule is CN(C)CCNC(=O)c1coc(CN2C(=O)CSc3ccccc32)n1. The highest BCUT2D eigenvalue weighted by Crippen LogP contribution is 2.35. The Balaban J connectivity index is 1.67. The minimum absolute atomic E-state index is 0.00103. The normalized spacial score (nSPS) is 13.9. The Bertz CT molecular complexity index is 775. The number of nitrogens with zero attached hydrogens (tertiary/aromatic N) is 3. The van der Waals surface area contributed by atoms with Gasteiger partial charge in [0.2, 0.25) is 11.8 Å². The lowest BCUT2D eigenvalue weighted by Crippen LogP contribution is -2.35. The Morgan fingerprint density at radius 1 is 1.40 bits per heavy atom. The molecule has 0 radical (unpaired) electrons. The van der Waals surface area contributed by atoms with Gasteiger partial charge in [0.1, 0.15) is 12.8 Å². The molecule has 0 bridgehead atoms. The van der Waals surface area contributed by atoms with Crippen LogP contribution in [0, 0.1) is 0 Å². The summed E-state index contributed by atoms with van der Waals surface area (Å²) in [5.74, 6) is 0.444. The zero-order valence-corrected chi connectivity index (χ0v) is 15.0. The number of anilines is 1. The fraction of sp³-hybridized carbons (Fsp3) is 0.353. The van der Waals surface area contributed by atoms with Gasteiger partial charge in [-0.3, -0.25) is 9.59 Å². The van der Waals surface area contributed by atoms with Crippen molar-refractivity contribution in [3.05, 3.63) is 42.1 Å². The van der Waals surface area contributed by atoms with E-state index in [-0.39, 0.29) is 24.1 Å². The van der Waals surface area contributed by atoms with Gasteiger partial charge in [0, 0.05) is 18.0 Å².